The van der Waals surface area contributed by atoms with Crippen molar-refractivity contribution in [1.29, 1.82) is 0 Å². The average Bonchev–Trinajstić information content (AvgIpc) is 3.19. The Hall–Kier alpha value is -4.37. The maximum atomic E-state index is 14.1. The summed E-state index contributed by atoms with van der Waals surface area (Å²) in [5, 5.41) is 6.35. The lowest BCUT2D eigenvalue weighted by atomic mass is 9.90. The molecule has 2 atom stereocenters. The molecule has 1 aliphatic rings. The molecule has 1 heterocycles. The molecule has 9 nitrogen and oxygen atoms in total. The molecule has 4 rings (SSSR count). The van der Waals surface area contributed by atoms with Gasteiger partial charge < -0.3 is 29.9 Å². The molecule has 3 aromatic carbocycles. The van der Waals surface area contributed by atoms with Gasteiger partial charge in [0.2, 0.25) is 5.91 Å². The fourth-order valence-electron chi connectivity index (χ4n) is 5.65. The Balaban J connectivity index is 1.45. The Morgan fingerprint density at radius 2 is 1.54 bits per heavy atom. The summed E-state index contributed by atoms with van der Waals surface area (Å²) in [6.45, 7) is 7.51. The van der Waals surface area contributed by atoms with Crippen LogP contribution in [0.2, 0.25) is 0 Å². The monoisotopic (exact) mass is 628 g/mol. The van der Waals surface area contributed by atoms with Crippen LogP contribution >= 0.6 is 0 Å². The number of hydrogen-bond donors (Lipinski definition) is 2. The van der Waals surface area contributed by atoms with E-state index in [1.165, 1.54) is 0 Å². The smallest absolute Gasteiger partial charge is 0.409 e. The first-order valence-corrected chi connectivity index (χ1v) is 16.1. The minimum Gasteiger partial charge on any atom is -0.445 e. The SMILES string of the molecule is CN(C[C@@H]1CCN(CC(c2ccccc2)c2ccccc2)C(=O)[C@H](CCCNC(=O)OC(C)(C)C)N1)C(=O)OCc1ccccc1. The van der Waals surface area contributed by atoms with Crippen molar-refractivity contribution in [2.75, 3.05) is 33.2 Å². The summed E-state index contributed by atoms with van der Waals surface area (Å²) in [7, 11) is 1.72. The molecule has 3 aromatic rings. The topological polar surface area (TPSA) is 100 Å². The average molecular weight is 629 g/mol. The number of rotatable bonds is 12. The second-order valence-electron chi connectivity index (χ2n) is 12.9. The third-order valence-electron chi connectivity index (χ3n) is 7.95. The summed E-state index contributed by atoms with van der Waals surface area (Å²) >= 11 is 0. The van der Waals surface area contributed by atoms with E-state index in [2.05, 4.69) is 34.9 Å². The van der Waals surface area contributed by atoms with E-state index in [0.717, 1.165) is 16.7 Å². The van der Waals surface area contributed by atoms with Crippen LogP contribution in [0.3, 0.4) is 0 Å². The minimum absolute atomic E-state index is 0.00743. The van der Waals surface area contributed by atoms with Gasteiger partial charge in [-0.05, 0) is 56.7 Å². The van der Waals surface area contributed by atoms with Gasteiger partial charge in [-0.25, -0.2) is 9.59 Å². The number of alkyl carbamates (subject to hydrolysis) is 1. The first-order chi connectivity index (χ1) is 22.1. The highest BCUT2D eigenvalue weighted by atomic mass is 16.6. The highest BCUT2D eigenvalue weighted by molar-refractivity contribution is 5.82. The summed E-state index contributed by atoms with van der Waals surface area (Å²) in [5.41, 5.74) is 2.63. The third-order valence-corrected chi connectivity index (χ3v) is 7.95. The van der Waals surface area contributed by atoms with E-state index in [-0.39, 0.29) is 24.5 Å². The van der Waals surface area contributed by atoms with Crippen LogP contribution in [0.15, 0.2) is 91.0 Å². The zero-order valence-corrected chi connectivity index (χ0v) is 27.5. The summed E-state index contributed by atoms with van der Waals surface area (Å²) in [4.78, 5) is 42.7. The standard InChI is InChI=1S/C37H48N4O5/c1-37(2,3)46-35(43)38-23-14-21-33-34(42)41(26-32(29-17-10-6-11-18-29)30-19-12-7-13-20-30)24-22-31(39-33)25-40(4)36(44)45-27-28-15-8-5-9-16-28/h5-13,15-20,31-33,39H,14,21-27H2,1-4H3,(H,38,43)/t31-,33-/m0/s1. The van der Waals surface area contributed by atoms with Gasteiger partial charge in [-0.1, -0.05) is 91.0 Å². The fraction of sp³-hybridized carbons (Fsp3) is 0.432. The Morgan fingerprint density at radius 3 is 2.13 bits per heavy atom. The highest BCUT2D eigenvalue weighted by Crippen LogP contribution is 2.27. The van der Waals surface area contributed by atoms with E-state index < -0.39 is 23.8 Å². The van der Waals surface area contributed by atoms with Crippen molar-refractivity contribution in [1.82, 2.24) is 20.4 Å². The molecule has 3 amide bonds. The molecule has 2 N–H and O–H groups in total. The van der Waals surface area contributed by atoms with Crippen LogP contribution in [0, 0.1) is 0 Å². The largest absolute Gasteiger partial charge is 0.445 e. The van der Waals surface area contributed by atoms with E-state index in [1.807, 2.05) is 92.4 Å². The molecule has 46 heavy (non-hydrogen) atoms. The fourth-order valence-corrected chi connectivity index (χ4v) is 5.65. The Bertz CT molecular complexity index is 1340. The highest BCUT2D eigenvalue weighted by Gasteiger charge is 2.33. The van der Waals surface area contributed by atoms with Gasteiger partial charge in [-0.3, -0.25) is 4.79 Å². The number of likely N-dealkylation sites (N-methyl/N-ethyl adjacent to an activating group) is 1. The van der Waals surface area contributed by atoms with Gasteiger partial charge in [0.1, 0.15) is 12.2 Å². The van der Waals surface area contributed by atoms with E-state index in [4.69, 9.17) is 9.47 Å². The van der Waals surface area contributed by atoms with Gasteiger partial charge in [-0.15, -0.1) is 0 Å². The number of nitrogens with one attached hydrogen (secondary N) is 2. The number of carbonyl (C=O) groups excluding carboxylic acids is 3. The molecule has 1 aliphatic heterocycles. The Morgan fingerprint density at radius 1 is 0.957 bits per heavy atom. The molecular weight excluding hydrogens is 580 g/mol. The summed E-state index contributed by atoms with van der Waals surface area (Å²) in [5.74, 6) is 0.0268. The van der Waals surface area contributed by atoms with Gasteiger partial charge in [0.05, 0.1) is 6.04 Å². The lowest BCUT2D eigenvalue weighted by molar-refractivity contribution is -0.133. The van der Waals surface area contributed by atoms with E-state index in [9.17, 15) is 14.4 Å². The molecule has 0 radical (unpaired) electrons. The summed E-state index contributed by atoms with van der Waals surface area (Å²) in [6.07, 6.45) is 0.885. The Kier molecular flexibility index (Phi) is 12.6. The van der Waals surface area contributed by atoms with Crippen molar-refractivity contribution in [3.05, 3.63) is 108 Å². The van der Waals surface area contributed by atoms with Crippen LogP contribution in [-0.2, 0) is 20.9 Å². The molecule has 0 spiro atoms. The third kappa shape index (κ3) is 10.9. The van der Waals surface area contributed by atoms with E-state index >= 15 is 0 Å². The van der Waals surface area contributed by atoms with Gasteiger partial charge >= 0.3 is 12.2 Å². The predicted molar refractivity (Wildman–Crippen MR) is 179 cm³/mol. The van der Waals surface area contributed by atoms with Gasteiger partial charge in [0.25, 0.3) is 0 Å². The first kappa shape index (κ1) is 34.5. The maximum absolute atomic E-state index is 14.1. The van der Waals surface area contributed by atoms with Crippen LogP contribution in [0.5, 0.6) is 0 Å². The van der Waals surface area contributed by atoms with Crippen molar-refractivity contribution in [3.63, 3.8) is 0 Å². The molecule has 0 aliphatic carbocycles. The first-order valence-electron chi connectivity index (χ1n) is 16.1. The van der Waals surface area contributed by atoms with Crippen LogP contribution in [-0.4, -0.2) is 78.8 Å². The van der Waals surface area contributed by atoms with Crippen LogP contribution in [0.1, 0.15) is 62.6 Å². The van der Waals surface area contributed by atoms with Crippen molar-refractivity contribution in [3.8, 4) is 0 Å². The van der Waals surface area contributed by atoms with Crippen molar-refractivity contribution >= 4 is 18.1 Å². The normalized spacial score (nSPS) is 16.9. The zero-order valence-electron chi connectivity index (χ0n) is 27.5. The molecule has 0 bridgehead atoms. The Labute approximate surface area is 273 Å². The van der Waals surface area contributed by atoms with Crippen molar-refractivity contribution < 1.29 is 23.9 Å². The second kappa shape index (κ2) is 16.8. The van der Waals surface area contributed by atoms with Gasteiger partial charge in [-0.2, -0.15) is 0 Å². The lowest BCUT2D eigenvalue weighted by Gasteiger charge is -2.29. The number of amides is 3. The molecule has 9 heteroatoms. The number of carbonyl (C=O) groups is 3. The van der Waals surface area contributed by atoms with Crippen molar-refractivity contribution in [2.45, 2.75) is 70.2 Å². The molecule has 1 saturated heterocycles. The summed E-state index contributed by atoms with van der Waals surface area (Å²) in [6, 6.07) is 29.5. The number of nitrogens with zero attached hydrogens (tertiary/aromatic N) is 2. The maximum Gasteiger partial charge on any atom is 0.409 e. The molecule has 1 fully saturated rings. The summed E-state index contributed by atoms with van der Waals surface area (Å²) < 4.78 is 10.9. The lowest BCUT2D eigenvalue weighted by Crippen LogP contribution is -2.49. The minimum atomic E-state index is -0.584. The predicted octanol–water partition coefficient (Wildman–Crippen LogP) is 5.95. The quantitative estimate of drug-likeness (QED) is 0.241. The van der Waals surface area contributed by atoms with Gasteiger partial charge in [0, 0.05) is 45.2 Å². The molecule has 0 aromatic heterocycles. The van der Waals surface area contributed by atoms with Gasteiger partial charge in [0.15, 0.2) is 0 Å². The number of ether oxygens (including phenoxy) is 2. The van der Waals surface area contributed by atoms with Crippen LogP contribution < -0.4 is 10.6 Å². The van der Waals surface area contributed by atoms with Crippen LogP contribution in [0.4, 0.5) is 9.59 Å². The molecular formula is C37H48N4O5. The number of hydrogen-bond acceptors (Lipinski definition) is 6. The molecule has 0 unspecified atom stereocenters. The van der Waals surface area contributed by atoms with E-state index in [0.29, 0.717) is 45.4 Å². The molecule has 0 saturated carbocycles. The second-order valence-corrected chi connectivity index (χ2v) is 12.9. The molecule has 246 valence electrons. The zero-order chi connectivity index (χ0) is 32.9. The van der Waals surface area contributed by atoms with Crippen LogP contribution in [0.25, 0.3) is 0 Å². The van der Waals surface area contributed by atoms with E-state index in [1.54, 1.807) is 11.9 Å². The van der Waals surface area contributed by atoms with Crippen molar-refractivity contribution in [2.24, 2.45) is 0 Å². The number of benzene rings is 3.